The molecular formula is C14H22N4. The molecule has 4 heteroatoms. The second-order valence-electron chi connectivity index (χ2n) is 5.37. The van der Waals surface area contributed by atoms with Gasteiger partial charge in [-0.1, -0.05) is 6.42 Å². The van der Waals surface area contributed by atoms with Crippen molar-refractivity contribution in [3.63, 3.8) is 0 Å². The highest BCUT2D eigenvalue weighted by molar-refractivity contribution is 5.48. The summed E-state index contributed by atoms with van der Waals surface area (Å²) in [4.78, 5) is 0. The maximum Gasteiger partial charge on any atom is 0.152 e. The fourth-order valence-electron chi connectivity index (χ4n) is 2.95. The van der Waals surface area contributed by atoms with Gasteiger partial charge in [-0.25, -0.2) is 0 Å². The van der Waals surface area contributed by atoms with Crippen molar-refractivity contribution >= 4 is 5.82 Å². The molecule has 0 spiro atoms. The Labute approximate surface area is 110 Å². The third-order valence-electron chi connectivity index (χ3n) is 3.98. The fraction of sp³-hybridized carbons (Fsp3) is 0.714. The average Bonchev–Trinajstić information content (AvgIpc) is 2.70. The first-order valence-electron chi connectivity index (χ1n) is 7.67. The van der Waals surface area contributed by atoms with Gasteiger partial charge in [-0.15, -0.1) is 5.10 Å². The van der Waals surface area contributed by atoms with Crippen LogP contribution in [0.25, 0.3) is 0 Å². The second kappa shape index (κ2) is 5.65. The molecule has 1 saturated heterocycles. The van der Waals surface area contributed by atoms with Crippen molar-refractivity contribution in [2.24, 2.45) is 0 Å². The van der Waals surface area contributed by atoms with Crippen molar-refractivity contribution in [1.29, 1.82) is 0 Å². The van der Waals surface area contributed by atoms with E-state index in [0.717, 1.165) is 37.3 Å². The van der Waals surface area contributed by atoms with Crippen molar-refractivity contribution in [3.8, 4) is 0 Å². The zero-order valence-electron chi connectivity index (χ0n) is 11.8. The van der Waals surface area contributed by atoms with Gasteiger partial charge >= 0.3 is 0 Å². The van der Waals surface area contributed by atoms with E-state index in [2.05, 4.69) is 20.8 Å². The maximum absolute atomic E-state index is 7.95. The van der Waals surface area contributed by atoms with Gasteiger partial charge in [0, 0.05) is 18.2 Å². The van der Waals surface area contributed by atoms with Crippen LogP contribution in [0.1, 0.15) is 44.6 Å². The Kier molecular flexibility index (Phi) is 3.37. The molecule has 1 aromatic heterocycles. The lowest BCUT2D eigenvalue weighted by molar-refractivity contribution is 0.478. The lowest BCUT2D eigenvalue weighted by Gasteiger charge is -2.25. The monoisotopic (exact) mass is 247 g/mol. The van der Waals surface area contributed by atoms with Gasteiger partial charge in [0.1, 0.15) is 0 Å². The van der Waals surface area contributed by atoms with Gasteiger partial charge in [-0.05, 0) is 50.6 Å². The van der Waals surface area contributed by atoms with Crippen molar-refractivity contribution in [3.05, 3.63) is 17.3 Å². The van der Waals surface area contributed by atoms with Gasteiger partial charge in [0.2, 0.25) is 0 Å². The smallest absolute Gasteiger partial charge is 0.152 e. The number of anilines is 1. The van der Waals surface area contributed by atoms with Crippen LogP contribution in [0.2, 0.25) is 0 Å². The van der Waals surface area contributed by atoms with Crippen molar-refractivity contribution in [1.82, 2.24) is 15.5 Å². The van der Waals surface area contributed by atoms with Crippen LogP contribution in [0.5, 0.6) is 0 Å². The van der Waals surface area contributed by atoms with Crippen molar-refractivity contribution < 1.29 is 1.37 Å². The zero-order valence-corrected chi connectivity index (χ0v) is 10.8. The predicted molar refractivity (Wildman–Crippen MR) is 72.8 cm³/mol. The Morgan fingerprint density at radius 1 is 1.28 bits per heavy atom. The lowest BCUT2D eigenvalue weighted by atomic mass is 10.0. The van der Waals surface area contributed by atoms with Gasteiger partial charge < -0.3 is 10.6 Å². The maximum atomic E-state index is 7.95. The summed E-state index contributed by atoms with van der Waals surface area (Å²) in [7, 11) is 0. The van der Waals surface area contributed by atoms with E-state index in [0.29, 0.717) is 12.2 Å². The Bertz CT molecular complexity index is 443. The van der Waals surface area contributed by atoms with Crippen LogP contribution in [0.4, 0.5) is 5.82 Å². The molecule has 1 aromatic rings. The first-order chi connectivity index (χ1) is 9.34. The Morgan fingerprint density at radius 3 is 3.11 bits per heavy atom. The molecule has 1 aliphatic carbocycles. The number of nitrogens with zero attached hydrogens (tertiary/aromatic N) is 2. The minimum absolute atomic E-state index is 0.379. The lowest BCUT2D eigenvalue weighted by Crippen LogP contribution is -2.39. The average molecular weight is 247 g/mol. The quantitative estimate of drug-likeness (QED) is 0.784. The molecule has 0 amide bonds. The topological polar surface area (TPSA) is 49.8 Å². The number of rotatable bonds is 2. The largest absolute Gasteiger partial charge is 0.364 e. The second-order valence-corrected chi connectivity index (χ2v) is 5.37. The predicted octanol–water partition coefficient (Wildman–Crippen LogP) is 1.91. The van der Waals surface area contributed by atoms with E-state index in [9.17, 15) is 0 Å². The third kappa shape index (κ3) is 2.64. The molecule has 0 bridgehead atoms. The minimum Gasteiger partial charge on any atom is -0.364 e. The molecule has 2 aliphatic rings. The summed E-state index contributed by atoms with van der Waals surface area (Å²) in [6.07, 6.45) is 8.43. The minimum atomic E-state index is 0.379. The Hall–Kier alpha value is -1.16. The number of fused-ring (bicyclic) bond motifs is 1. The normalized spacial score (nSPS) is 24.9. The number of hydrogen-bond donors (Lipinski definition) is 2. The summed E-state index contributed by atoms with van der Waals surface area (Å²) < 4.78 is 7.95. The highest BCUT2D eigenvalue weighted by atomic mass is 15.2. The highest BCUT2D eigenvalue weighted by Crippen LogP contribution is 2.25. The zero-order chi connectivity index (χ0) is 13.1. The molecular weight excluding hydrogens is 224 g/mol. The van der Waals surface area contributed by atoms with Gasteiger partial charge in [-0.2, -0.15) is 5.10 Å². The van der Waals surface area contributed by atoms with Crippen LogP contribution in [0.15, 0.2) is 6.17 Å². The molecule has 18 heavy (non-hydrogen) atoms. The summed E-state index contributed by atoms with van der Waals surface area (Å²) in [5.74, 6) is 0.932. The summed E-state index contributed by atoms with van der Waals surface area (Å²) >= 11 is 0. The van der Waals surface area contributed by atoms with E-state index in [-0.39, 0.29) is 0 Å². The fourth-order valence-corrected chi connectivity index (χ4v) is 2.95. The van der Waals surface area contributed by atoms with Crippen molar-refractivity contribution in [2.45, 2.75) is 51.0 Å². The Morgan fingerprint density at radius 2 is 2.22 bits per heavy atom. The summed E-state index contributed by atoms with van der Waals surface area (Å²) in [6.45, 7) is 2.12. The van der Waals surface area contributed by atoms with Crippen molar-refractivity contribution in [2.75, 3.05) is 18.4 Å². The van der Waals surface area contributed by atoms with Crippen LogP contribution in [-0.2, 0) is 12.8 Å². The molecule has 1 aliphatic heterocycles. The number of piperidine rings is 1. The molecule has 0 aromatic carbocycles. The summed E-state index contributed by atoms with van der Waals surface area (Å²) in [5, 5.41) is 15.2. The SMILES string of the molecule is [2H]c1nnc(NC2CCCNC2)c2c1CCCCC2. The van der Waals surface area contributed by atoms with E-state index in [1.165, 1.54) is 37.7 Å². The standard InChI is InChI=1S/C14H22N4/c1-2-5-11-9-16-18-14(13(11)7-3-1)17-12-6-4-8-15-10-12/h9,12,15H,1-8,10H2,(H,17,18)/i9D. The highest BCUT2D eigenvalue weighted by Gasteiger charge is 2.18. The molecule has 1 fully saturated rings. The van der Waals surface area contributed by atoms with E-state index in [1.54, 1.807) is 0 Å². The van der Waals surface area contributed by atoms with E-state index in [1.807, 2.05) is 0 Å². The van der Waals surface area contributed by atoms with Gasteiger partial charge in [-0.3, -0.25) is 0 Å². The summed E-state index contributed by atoms with van der Waals surface area (Å²) in [5.41, 5.74) is 2.38. The molecule has 2 heterocycles. The van der Waals surface area contributed by atoms with Crippen LogP contribution in [0, 0.1) is 0 Å². The van der Waals surface area contributed by atoms with E-state index < -0.39 is 0 Å². The van der Waals surface area contributed by atoms with Gasteiger partial charge in [0.05, 0.1) is 7.54 Å². The van der Waals surface area contributed by atoms with Crippen LogP contribution < -0.4 is 10.6 Å². The number of aromatic nitrogens is 2. The van der Waals surface area contributed by atoms with Crippen LogP contribution in [-0.4, -0.2) is 29.3 Å². The van der Waals surface area contributed by atoms with E-state index in [4.69, 9.17) is 1.37 Å². The van der Waals surface area contributed by atoms with Gasteiger partial charge in [0.25, 0.3) is 0 Å². The number of hydrogen-bond acceptors (Lipinski definition) is 4. The van der Waals surface area contributed by atoms with Crippen LogP contribution >= 0.6 is 0 Å². The molecule has 1 atom stereocenters. The molecule has 0 radical (unpaired) electrons. The molecule has 0 saturated carbocycles. The first kappa shape index (κ1) is 10.7. The number of nitrogens with one attached hydrogen (secondary N) is 2. The molecule has 4 nitrogen and oxygen atoms in total. The van der Waals surface area contributed by atoms with E-state index >= 15 is 0 Å². The first-order valence-corrected chi connectivity index (χ1v) is 7.17. The molecule has 1 unspecified atom stereocenters. The van der Waals surface area contributed by atoms with Crippen LogP contribution in [0.3, 0.4) is 0 Å². The molecule has 3 rings (SSSR count). The Balaban J connectivity index is 1.84. The summed E-state index contributed by atoms with van der Waals surface area (Å²) in [6, 6.07) is 0.451. The van der Waals surface area contributed by atoms with Gasteiger partial charge in [0.15, 0.2) is 5.82 Å². The molecule has 98 valence electrons. The molecule has 2 N–H and O–H groups in total. The third-order valence-corrected chi connectivity index (χ3v) is 3.98.